The number of carbonyl (C=O) groups excluding carboxylic acids is 1. The summed E-state index contributed by atoms with van der Waals surface area (Å²) in [7, 11) is 0. The second-order valence-corrected chi connectivity index (χ2v) is 6.82. The van der Waals surface area contributed by atoms with Crippen LogP contribution in [0.2, 0.25) is 0 Å². The number of hydrogen-bond donors (Lipinski definition) is 2. The molecule has 0 bridgehead atoms. The van der Waals surface area contributed by atoms with Crippen molar-refractivity contribution in [3.8, 4) is 0 Å². The summed E-state index contributed by atoms with van der Waals surface area (Å²) >= 11 is 5.01. The highest BCUT2D eigenvalue weighted by atomic mass is 79.9. The van der Waals surface area contributed by atoms with Gasteiger partial charge in [0.25, 0.3) is 0 Å². The third-order valence-electron chi connectivity index (χ3n) is 3.06. The lowest BCUT2D eigenvalue weighted by atomic mass is 10.3. The highest BCUT2D eigenvalue weighted by Crippen LogP contribution is 2.20. The van der Waals surface area contributed by atoms with Crippen LogP contribution < -0.4 is 10.6 Å². The SMILES string of the molecule is O=C(Cc1cccs1)Nc1ccc(Nc2cccc(Br)c2)cn1. The average molecular weight is 388 g/mol. The Morgan fingerprint density at radius 3 is 2.74 bits per heavy atom. The fraction of sp³-hybridized carbons (Fsp3) is 0.0588. The van der Waals surface area contributed by atoms with Gasteiger partial charge in [-0.2, -0.15) is 0 Å². The minimum atomic E-state index is -0.0624. The highest BCUT2D eigenvalue weighted by molar-refractivity contribution is 9.10. The predicted octanol–water partition coefficient (Wildman–Crippen LogP) is 4.83. The molecule has 116 valence electrons. The van der Waals surface area contributed by atoms with E-state index in [4.69, 9.17) is 0 Å². The van der Waals surface area contributed by atoms with Crippen LogP contribution in [0.3, 0.4) is 0 Å². The second-order valence-electron chi connectivity index (χ2n) is 4.87. The number of aromatic nitrogens is 1. The number of carbonyl (C=O) groups is 1. The van der Waals surface area contributed by atoms with E-state index in [1.807, 2.05) is 47.8 Å². The van der Waals surface area contributed by atoms with Crippen LogP contribution in [0.5, 0.6) is 0 Å². The van der Waals surface area contributed by atoms with Gasteiger partial charge in [0.1, 0.15) is 5.82 Å². The number of benzene rings is 1. The monoisotopic (exact) mass is 387 g/mol. The molecular weight excluding hydrogens is 374 g/mol. The Labute approximate surface area is 146 Å². The molecule has 3 aromatic rings. The molecule has 2 heterocycles. The van der Waals surface area contributed by atoms with Crippen LogP contribution in [0, 0.1) is 0 Å². The minimum Gasteiger partial charge on any atom is -0.354 e. The number of anilines is 3. The number of thiophene rings is 1. The molecule has 1 aromatic carbocycles. The molecule has 2 N–H and O–H groups in total. The standard InChI is InChI=1S/C17H14BrN3OS/c18-12-3-1-4-13(9-12)20-14-6-7-16(19-11-14)21-17(22)10-15-5-2-8-23-15/h1-9,11,20H,10H2,(H,19,21,22). The first kappa shape index (κ1) is 15.7. The largest absolute Gasteiger partial charge is 0.354 e. The molecule has 0 unspecified atom stereocenters. The highest BCUT2D eigenvalue weighted by Gasteiger charge is 2.06. The summed E-state index contributed by atoms with van der Waals surface area (Å²) in [6.45, 7) is 0. The lowest BCUT2D eigenvalue weighted by Crippen LogP contribution is -2.14. The van der Waals surface area contributed by atoms with Crippen LogP contribution >= 0.6 is 27.3 Å². The van der Waals surface area contributed by atoms with Gasteiger partial charge in [-0.3, -0.25) is 4.79 Å². The maximum Gasteiger partial charge on any atom is 0.230 e. The van der Waals surface area contributed by atoms with Crippen molar-refractivity contribution in [2.45, 2.75) is 6.42 Å². The molecule has 1 amide bonds. The molecule has 0 fully saturated rings. The number of nitrogens with one attached hydrogen (secondary N) is 2. The molecule has 2 aromatic heterocycles. The predicted molar refractivity (Wildman–Crippen MR) is 98.3 cm³/mol. The van der Waals surface area contributed by atoms with E-state index in [2.05, 4.69) is 31.5 Å². The lowest BCUT2D eigenvalue weighted by Gasteiger charge is -2.08. The van der Waals surface area contributed by atoms with Gasteiger partial charge in [0.15, 0.2) is 0 Å². The normalized spacial score (nSPS) is 10.3. The van der Waals surface area contributed by atoms with Gasteiger partial charge in [-0.05, 0) is 41.8 Å². The number of rotatable bonds is 5. The van der Waals surface area contributed by atoms with Gasteiger partial charge < -0.3 is 10.6 Å². The summed E-state index contributed by atoms with van der Waals surface area (Å²) in [5, 5.41) is 8.02. The zero-order valence-corrected chi connectivity index (χ0v) is 14.5. The zero-order chi connectivity index (χ0) is 16.1. The summed E-state index contributed by atoms with van der Waals surface area (Å²) in [4.78, 5) is 17.2. The van der Waals surface area contributed by atoms with Crippen LogP contribution in [0.1, 0.15) is 4.88 Å². The van der Waals surface area contributed by atoms with E-state index in [1.165, 1.54) is 0 Å². The summed E-state index contributed by atoms with van der Waals surface area (Å²) in [6.07, 6.45) is 2.07. The van der Waals surface area contributed by atoms with Gasteiger partial charge in [0.2, 0.25) is 5.91 Å². The fourth-order valence-corrected chi connectivity index (χ4v) is 3.14. The third-order valence-corrected chi connectivity index (χ3v) is 4.43. The van der Waals surface area contributed by atoms with Crippen LogP contribution in [0.4, 0.5) is 17.2 Å². The third kappa shape index (κ3) is 4.64. The number of nitrogens with zero attached hydrogens (tertiary/aromatic N) is 1. The van der Waals surface area contributed by atoms with Gasteiger partial charge in [-0.15, -0.1) is 11.3 Å². The molecule has 0 radical (unpaired) electrons. The Morgan fingerprint density at radius 2 is 2.04 bits per heavy atom. The van der Waals surface area contributed by atoms with E-state index in [9.17, 15) is 4.79 Å². The van der Waals surface area contributed by atoms with Crippen molar-refractivity contribution in [2.75, 3.05) is 10.6 Å². The number of pyridine rings is 1. The van der Waals surface area contributed by atoms with Crippen molar-refractivity contribution >= 4 is 50.4 Å². The van der Waals surface area contributed by atoms with Crippen molar-refractivity contribution in [3.63, 3.8) is 0 Å². The van der Waals surface area contributed by atoms with E-state index in [1.54, 1.807) is 23.6 Å². The summed E-state index contributed by atoms with van der Waals surface area (Å²) in [6, 6.07) is 15.4. The van der Waals surface area contributed by atoms with Gasteiger partial charge in [-0.25, -0.2) is 4.98 Å². The van der Waals surface area contributed by atoms with Crippen LogP contribution in [0.25, 0.3) is 0 Å². The van der Waals surface area contributed by atoms with Gasteiger partial charge in [-0.1, -0.05) is 28.1 Å². The number of hydrogen-bond acceptors (Lipinski definition) is 4. The van der Waals surface area contributed by atoms with Crippen molar-refractivity contribution < 1.29 is 4.79 Å². The van der Waals surface area contributed by atoms with Gasteiger partial charge in [0.05, 0.1) is 18.3 Å². The summed E-state index contributed by atoms with van der Waals surface area (Å²) in [5.74, 6) is 0.485. The van der Waals surface area contributed by atoms with Crippen LogP contribution in [-0.2, 0) is 11.2 Å². The second kappa shape index (κ2) is 7.39. The van der Waals surface area contributed by atoms with Gasteiger partial charge in [0, 0.05) is 15.0 Å². The molecule has 0 aliphatic rings. The van der Waals surface area contributed by atoms with E-state index in [0.29, 0.717) is 12.2 Å². The molecule has 0 atom stereocenters. The fourth-order valence-electron chi connectivity index (χ4n) is 2.03. The summed E-state index contributed by atoms with van der Waals surface area (Å²) < 4.78 is 1.01. The Morgan fingerprint density at radius 1 is 1.13 bits per heavy atom. The Balaban J connectivity index is 1.59. The van der Waals surface area contributed by atoms with Crippen LogP contribution in [0.15, 0.2) is 64.6 Å². The first-order valence-electron chi connectivity index (χ1n) is 7.00. The summed E-state index contributed by atoms with van der Waals surface area (Å²) in [5.41, 5.74) is 1.83. The molecule has 4 nitrogen and oxygen atoms in total. The molecule has 0 saturated heterocycles. The van der Waals surface area contributed by atoms with E-state index >= 15 is 0 Å². The number of amides is 1. The maximum atomic E-state index is 11.9. The minimum absolute atomic E-state index is 0.0624. The quantitative estimate of drug-likeness (QED) is 0.658. The van der Waals surface area contributed by atoms with E-state index < -0.39 is 0 Å². The maximum absolute atomic E-state index is 11.9. The van der Waals surface area contributed by atoms with E-state index in [-0.39, 0.29) is 5.91 Å². The first-order chi connectivity index (χ1) is 11.2. The van der Waals surface area contributed by atoms with Crippen molar-refractivity contribution in [2.24, 2.45) is 0 Å². The van der Waals surface area contributed by atoms with Gasteiger partial charge >= 0.3 is 0 Å². The number of halogens is 1. The molecule has 0 aliphatic heterocycles. The zero-order valence-electron chi connectivity index (χ0n) is 12.1. The molecule has 0 spiro atoms. The topological polar surface area (TPSA) is 54.0 Å². The Kier molecular flexibility index (Phi) is 5.05. The van der Waals surface area contributed by atoms with E-state index in [0.717, 1.165) is 20.7 Å². The van der Waals surface area contributed by atoms with Crippen molar-refractivity contribution in [3.05, 3.63) is 69.5 Å². The molecule has 0 saturated carbocycles. The average Bonchev–Trinajstić information content (AvgIpc) is 3.02. The van der Waals surface area contributed by atoms with Crippen LogP contribution in [-0.4, -0.2) is 10.9 Å². The van der Waals surface area contributed by atoms with Crippen molar-refractivity contribution in [1.29, 1.82) is 0 Å². The molecule has 3 rings (SSSR count). The molecular formula is C17H14BrN3OS. The first-order valence-corrected chi connectivity index (χ1v) is 8.67. The molecule has 23 heavy (non-hydrogen) atoms. The molecule has 6 heteroatoms. The van der Waals surface area contributed by atoms with Crippen molar-refractivity contribution in [1.82, 2.24) is 4.98 Å². The lowest BCUT2D eigenvalue weighted by molar-refractivity contribution is -0.115. The Bertz CT molecular complexity index is 788. The molecule has 0 aliphatic carbocycles. The smallest absolute Gasteiger partial charge is 0.230 e. The Hall–Kier alpha value is -2.18.